The van der Waals surface area contributed by atoms with Gasteiger partial charge in [-0.15, -0.1) is 0 Å². The Balaban J connectivity index is 1.72. The standard InChI is InChI=1S/C22H32N4O/c1-14-4-5-18-17(12-25-26-23)19(6-8-21(14,18)2)22(3)11-15-7-9-24-20(15)10-16(22)13-27/h7,9,16-19,24,27H,1,4-6,8,10-13H2,2-3H3/t16-,17+,18+,19+,21-,22+/m1/s1. The van der Waals surface area contributed by atoms with E-state index in [0.717, 1.165) is 32.1 Å². The van der Waals surface area contributed by atoms with Gasteiger partial charge in [0.1, 0.15) is 0 Å². The van der Waals surface area contributed by atoms with Crippen LogP contribution in [0.2, 0.25) is 0 Å². The highest BCUT2D eigenvalue weighted by Crippen LogP contribution is 2.63. The van der Waals surface area contributed by atoms with Crippen LogP contribution in [-0.4, -0.2) is 23.2 Å². The fraction of sp³-hybridized carbons (Fsp3) is 0.727. The summed E-state index contributed by atoms with van der Waals surface area (Å²) in [7, 11) is 0. The molecule has 2 saturated carbocycles. The third-order valence-corrected chi connectivity index (χ3v) is 8.70. The number of aromatic nitrogens is 1. The van der Waals surface area contributed by atoms with Crippen molar-refractivity contribution in [3.05, 3.63) is 46.1 Å². The van der Waals surface area contributed by atoms with E-state index in [2.05, 4.69) is 41.5 Å². The third kappa shape index (κ3) is 2.75. The molecule has 27 heavy (non-hydrogen) atoms. The van der Waals surface area contributed by atoms with E-state index in [0.29, 0.717) is 24.3 Å². The number of hydrogen-bond donors (Lipinski definition) is 2. The molecule has 0 bridgehead atoms. The average molecular weight is 369 g/mol. The van der Waals surface area contributed by atoms with Crippen LogP contribution in [0.15, 0.2) is 29.5 Å². The number of aromatic amines is 1. The zero-order valence-electron chi connectivity index (χ0n) is 16.6. The molecule has 0 saturated heterocycles. The smallest absolute Gasteiger partial charge is 0.0468 e. The Morgan fingerprint density at radius 2 is 2.19 bits per heavy atom. The highest BCUT2D eigenvalue weighted by atomic mass is 16.3. The second-order valence-electron chi connectivity index (χ2n) is 9.64. The Kier molecular flexibility index (Phi) is 4.64. The Morgan fingerprint density at radius 3 is 2.93 bits per heavy atom. The van der Waals surface area contributed by atoms with Crippen LogP contribution < -0.4 is 0 Å². The molecular weight excluding hydrogens is 336 g/mol. The minimum absolute atomic E-state index is 0.0326. The summed E-state index contributed by atoms with van der Waals surface area (Å²) in [4.78, 5) is 6.47. The first-order valence-corrected chi connectivity index (χ1v) is 10.4. The number of H-pyrrole nitrogens is 1. The van der Waals surface area contributed by atoms with Crippen LogP contribution in [0.1, 0.15) is 50.8 Å². The minimum Gasteiger partial charge on any atom is -0.396 e. The molecule has 6 atom stereocenters. The van der Waals surface area contributed by atoms with Gasteiger partial charge in [-0.1, -0.05) is 31.1 Å². The fourth-order valence-electron chi connectivity index (χ4n) is 6.93. The second kappa shape index (κ2) is 6.72. The third-order valence-electron chi connectivity index (χ3n) is 8.70. The van der Waals surface area contributed by atoms with Crippen molar-refractivity contribution in [2.45, 2.75) is 52.4 Å². The lowest BCUT2D eigenvalue weighted by atomic mass is 9.49. The van der Waals surface area contributed by atoms with E-state index in [9.17, 15) is 5.11 Å². The van der Waals surface area contributed by atoms with Gasteiger partial charge in [-0.3, -0.25) is 0 Å². The van der Waals surface area contributed by atoms with Gasteiger partial charge in [0, 0.05) is 30.0 Å². The van der Waals surface area contributed by atoms with Crippen molar-refractivity contribution >= 4 is 0 Å². The number of aliphatic hydroxyl groups excluding tert-OH is 1. The summed E-state index contributed by atoms with van der Waals surface area (Å²) in [5.74, 6) is 1.62. The quantitative estimate of drug-likeness (QED) is 0.332. The highest BCUT2D eigenvalue weighted by molar-refractivity contribution is 5.28. The number of hydrogen-bond acceptors (Lipinski definition) is 2. The Hall–Kier alpha value is -1.71. The molecule has 1 aromatic rings. The van der Waals surface area contributed by atoms with Crippen molar-refractivity contribution in [2.24, 2.45) is 39.6 Å². The molecule has 3 aliphatic rings. The number of nitrogens with zero attached hydrogens (tertiary/aromatic N) is 3. The first-order chi connectivity index (χ1) is 12.9. The zero-order chi connectivity index (χ0) is 19.2. The van der Waals surface area contributed by atoms with E-state index in [1.165, 1.54) is 23.3 Å². The molecule has 2 fully saturated rings. The first kappa shape index (κ1) is 18.6. The van der Waals surface area contributed by atoms with E-state index >= 15 is 0 Å². The number of fused-ring (bicyclic) bond motifs is 2. The predicted octanol–water partition coefficient (Wildman–Crippen LogP) is 5.04. The van der Waals surface area contributed by atoms with Crippen molar-refractivity contribution in [3.8, 4) is 0 Å². The van der Waals surface area contributed by atoms with Crippen LogP contribution in [0, 0.1) is 34.5 Å². The van der Waals surface area contributed by atoms with Gasteiger partial charge in [0.25, 0.3) is 0 Å². The Labute approximate surface area is 161 Å². The molecule has 5 heteroatoms. The summed E-state index contributed by atoms with van der Waals surface area (Å²) in [6, 6.07) is 2.20. The van der Waals surface area contributed by atoms with Crippen molar-refractivity contribution in [3.63, 3.8) is 0 Å². The summed E-state index contributed by atoms with van der Waals surface area (Å²) in [6.45, 7) is 9.93. The van der Waals surface area contributed by atoms with Gasteiger partial charge in [0.05, 0.1) is 0 Å². The summed E-state index contributed by atoms with van der Waals surface area (Å²) in [5.41, 5.74) is 13.3. The number of azide groups is 1. The van der Waals surface area contributed by atoms with Crippen molar-refractivity contribution in [1.82, 2.24) is 4.98 Å². The molecule has 0 radical (unpaired) electrons. The van der Waals surface area contributed by atoms with E-state index in [1.807, 2.05) is 6.20 Å². The number of rotatable bonds is 4. The summed E-state index contributed by atoms with van der Waals surface area (Å²) in [6.07, 6.45) is 8.50. The van der Waals surface area contributed by atoms with E-state index in [-0.39, 0.29) is 23.4 Å². The van der Waals surface area contributed by atoms with Gasteiger partial charge in [-0.2, -0.15) is 0 Å². The highest BCUT2D eigenvalue weighted by Gasteiger charge is 2.56. The van der Waals surface area contributed by atoms with Gasteiger partial charge in [0.15, 0.2) is 0 Å². The van der Waals surface area contributed by atoms with E-state index in [1.54, 1.807) is 0 Å². The van der Waals surface area contributed by atoms with E-state index in [4.69, 9.17) is 5.53 Å². The Morgan fingerprint density at radius 1 is 1.37 bits per heavy atom. The topological polar surface area (TPSA) is 84.8 Å². The molecule has 2 N–H and O–H groups in total. The molecule has 3 aliphatic carbocycles. The molecule has 0 aliphatic heterocycles. The van der Waals surface area contributed by atoms with Crippen molar-refractivity contribution < 1.29 is 5.11 Å². The fourth-order valence-corrected chi connectivity index (χ4v) is 6.93. The molecule has 146 valence electrons. The van der Waals surface area contributed by atoms with Gasteiger partial charge in [-0.25, -0.2) is 0 Å². The SMILES string of the molecule is C=C1CC[C@H]2[C@H](CN=[N+]=[N-])[C@@H]([C@@]3(C)Cc4cc[nH]c4C[C@@H]3CO)CC[C@]12C. The molecule has 0 amide bonds. The average Bonchev–Trinajstić information content (AvgIpc) is 3.22. The molecular formula is C22H32N4O. The van der Waals surface area contributed by atoms with Gasteiger partial charge < -0.3 is 10.1 Å². The summed E-state index contributed by atoms with van der Waals surface area (Å²) < 4.78 is 0. The lowest BCUT2D eigenvalue weighted by Gasteiger charge is -2.55. The maximum atomic E-state index is 10.3. The number of allylic oxidation sites excluding steroid dienone is 1. The van der Waals surface area contributed by atoms with Crippen LogP contribution >= 0.6 is 0 Å². The molecule has 0 unspecified atom stereocenters. The van der Waals surface area contributed by atoms with Gasteiger partial charge in [-0.05, 0) is 90.2 Å². The lowest BCUT2D eigenvalue weighted by molar-refractivity contribution is -0.0535. The number of aliphatic hydroxyl groups is 1. The predicted molar refractivity (Wildman–Crippen MR) is 107 cm³/mol. The number of nitrogens with one attached hydrogen (secondary N) is 1. The monoisotopic (exact) mass is 368 g/mol. The molecule has 1 aromatic heterocycles. The van der Waals surface area contributed by atoms with Gasteiger partial charge in [0.2, 0.25) is 0 Å². The van der Waals surface area contributed by atoms with Gasteiger partial charge >= 0.3 is 0 Å². The van der Waals surface area contributed by atoms with Crippen molar-refractivity contribution in [2.75, 3.05) is 13.2 Å². The molecule has 5 nitrogen and oxygen atoms in total. The summed E-state index contributed by atoms with van der Waals surface area (Å²) in [5, 5.41) is 14.3. The first-order valence-electron chi connectivity index (χ1n) is 10.4. The normalized spacial score (nSPS) is 40.9. The zero-order valence-corrected chi connectivity index (χ0v) is 16.6. The summed E-state index contributed by atoms with van der Waals surface area (Å²) >= 11 is 0. The van der Waals surface area contributed by atoms with E-state index < -0.39 is 0 Å². The largest absolute Gasteiger partial charge is 0.396 e. The van der Waals surface area contributed by atoms with Crippen molar-refractivity contribution in [1.29, 1.82) is 0 Å². The minimum atomic E-state index is 0.0326. The van der Waals surface area contributed by atoms with Crippen LogP contribution in [0.4, 0.5) is 0 Å². The van der Waals surface area contributed by atoms with Crippen LogP contribution in [0.5, 0.6) is 0 Å². The second-order valence-corrected chi connectivity index (χ2v) is 9.64. The lowest BCUT2D eigenvalue weighted by Crippen LogP contribution is -2.52. The maximum absolute atomic E-state index is 10.3. The molecule has 4 rings (SSSR count). The molecule has 1 heterocycles. The molecule has 0 aromatic carbocycles. The van der Waals surface area contributed by atoms with Crippen LogP contribution in [0.25, 0.3) is 10.4 Å². The Bertz CT molecular complexity index is 779. The van der Waals surface area contributed by atoms with Crippen LogP contribution in [-0.2, 0) is 12.8 Å². The van der Waals surface area contributed by atoms with Crippen LogP contribution in [0.3, 0.4) is 0 Å². The molecule has 0 spiro atoms. The maximum Gasteiger partial charge on any atom is 0.0468 e.